The van der Waals surface area contributed by atoms with Crippen LogP contribution in [-0.2, 0) is 19.1 Å². The van der Waals surface area contributed by atoms with Crippen molar-refractivity contribution in [2.24, 2.45) is 29.6 Å². The predicted molar refractivity (Wildman–Crippen MR) is 79.7 cm³/mol. The van der Waals surface area contributed by atoms with Crippen molar-refractivity contribution in [3.8, 4) is 0 Å². The lowest BCUT2D eigenvalue weighted by molar-refractivity contribution is -0.224. The first-order valence-corrected chi connectivity index (χ1v) is 8.56. The number of hydrogen-bond donors (Lipinski definition) is 0. The molecule has 4 saturated carbocycles. The summed E-state index contributed by atoms with van der Waals surface area (Å²) in [6.45, 7) is 5.86. The van der Waals surface area contributed by atoms with Crippen LogP contribution in [0.4, 0.5) is 0 Å². The Hall–Kier alpha value is -1.32. The first kappa shape index (κ1) is 14.3. The minimum Gasteiger partial charge on any atom is -0.465 e. The number of carbonyl (C=O) groups is 2. The van der Waals surface area contributed by atoms with Crippen LogP contribution >= 0.6 is 0 Å². The van der Waals surface area contributed by atoms with Gasteiger partial charge in [0.25, 0.3) is 0 Å². The van der Waals surface area contributed by atoms with Gasteiger partial charge in [-0.25, -0.2) is 4.79 Å². The van der Waals surface area contributed by atoms with E-state index in [-0.39, 0.29) is 17.9 Å². The highest BCUT2D eigenvalue weighted by molar-refractivity contribution is 5.88. The van der Waals surface area contributed by atoms with Crippen molar-refractivity contribution in [2.45, 2.75) is 51.0 Å². The second kappa shape index (κ2) is 4.84. The molecule has 0 aromatic rings. The SMILES string of the molecule is C=C(C)C(=O)OC1(C2CCOC2=O)C2CC3CC(C2)CC1C3. The number of ether oxygens (including phenoxy) is 2. The molecule has 0 amide bonds. The highest BCUT2D eigenvalue weighted by Crippen LogP contribution is 2.62. The van der Waals surface area contributed by atoms with Gasteiger partial charge < -0.3 is 9.47 Å². The molecule has 0 aromatic heterocycles. The first-order valence-electron chi connectivity index (χ1n) is 8.56. The summed E-state index contributed by atoms with van der Waals surface area (Å²) in [7, 11) is 0. The molecule has 0 spiro atoms. The van der Waals surface area contributed by atoms with Crippen LogP contribution in [-0.4, -0.2) is 24.1 Å². The monoisotopic (exact) mass is 304 g/mol. The van der Waals surface area contributed by atoms with Gasteiger partial charge in [-0.15, -0.1) is 0 Å². The molecular weight excluding hydrogens is 280 g/mol. The normalized spacial score (nSPS) is 45.7. The largest absolute Gasteiger partial charge is 0.465 e. The fourth-order valence-electron chi connectivity index (χ4n) is 5.88. The molecule has 1 saturated heterocycles. The lowest BCUT2D eigenvalue weighted by Gasteiger charge is -2.61. The summed E-state index contributed by atoms with van der Waals surface area (Å²) >= 11 is 0. The van der Waals surface area contributed by atoms with Gasteiger partial charge >= 0.3 is 11.9 Å². The maximum absolute atomic E-state index is 12.3. The molecule has 22 heavy (non-hydrogen) atoms. The summed E-state index contributed by atoms with van der Waals surface area (Å²) in [5.41, 5.74) is -0.212. The highest BCUT2D eigenvalue weighted by atomic mass is 16.6. The summed E-state index contributed by atoms with van der Waals surface area (Å²) in [5.74, 6) is 1.39. The summed E-state index contributed by atoms with van der Waals surface area (Å²) in [6, 6.07) is 0. The van der Waals surface area contributed by atoms with E-state index in [1.165, 1.54) is 6.42 Å². The summed E-state index contributed by atoms with van der Waals surface area (Å²) in [6.07, 6.45) is 6.40. The van der Waals surface area contributed by atoms with E-state index >= 15 is 0 Å². The maximum Gasteiger partial charge on any atom is 0.333 e. The number of hydrogen-bond acceptors (Lipinski definition) is 4. The number of esters is 2. The van der Waals surface area contributed by atoms with Crippen LogP contribution < -0.4 is 0 Å². The summed E-state index contributed by atoms with van der Waals surface area (Å²) < 4.78 is 11.3. The van der Waals surface area contributed by atoms with Crippen LogP contribution in [0.1, 0.15) is 45.4 Å². The van der Waals surface area contributed by atoms with Crippen molar-refractivity contribution in [3.63, 3.8) is 0 Å². The predicted octanol–water partition coefficient (Wildman–Crippen LogP) is 2.86. The van der Waals surface area contributed by atoms with Crippen molar-refractivity contribution in [2.75, 3.05) is 6.61 Å². The van der Waals surface area contributed by atoms with Gasteiger partial charge in [0.15, 0.2) is 0 Å². The van der Waals surface area contributed by atoms with Crippen LogP contribution in [0, 0.1) is 29.6 Å². The van der Waals surface area contributed by atoms with E-state index in [2.05, 4.69) is 6.58 Å². The van der Waals surface area contributed by atoms with Gasteiger partial charge in [-0.05, 0) is 57.3 Å². The van der Waals surface area contributed by atoms with Gasteiger partial charge in [0, 0.05) is 17.4 Å². The van der Waals surface area contributed by atoms with Crippen LogP contribution in [0.5, 0.6) is 0 Å². The standard InChI is InChI=1S/C18H24O4/c1-10(2)16(19)22-18(15-3-4-21-17(15)20)13-6-11-5-12(8-13)9-14(18)7-11/h11-15H,1,3-9H2,2H3. The van der Waals surface area contributed by atoms with E-state index in [0.29, 0.717) is 30.4 Å². The van der Waals surface area contributed by atoms with E-state index in [9.17, 15) is 9.59 Å². The third-order valence-electron chi connectivity index (χ3n) is 6.51. The van der Waals surface area contributed by atoms with E-state index in [0.717, 1.165) is 37.5 Å². The number of rotatable bonds is 3. The van der Waals surface area contributed by atoms with Crippen molar-refractivity contribution >= 4 is 11.9 Å². The van der Waals surface area contributed by atoms with Gasteiger partial charge in [-0.3, -0.25) is 4.79 Å². The number of carbonyl (C=O) groups excluding carboxylic acids is 2. The van der Waals surface area contributed by atoms with Gasteiger partial charge in [0.05, 0.1) is 6.61 Å². The molecule has 120 valence electrons. The Labute approximate surface area is 131 Å². The smallest absolute Gasteiger partial charge is 0.333 e. The Kier molecular flexibility index (Phi) is 3.14. The Morgan fingerprint density at radius 1 is 1.18 bits per heavy atom. The Balaban J connectivity index is 1.73. The second-order valence-corrected chi connectivity index (χ2v) is 7.84. The van der Waals surface area contributed by atoms with Gasteiger partial charge in [-0.2, -0.15) is 0 Å². The molecular formula is C18H24O4. The zero-order chi connectivity index (χ0) is 15.5. The first-order chi connectivity index (χ1) is 10.5. The zero-order valence-corrected chi connectivity index (χ0v) is 13.2. The molecule has 4 nitrogen and oxygen atoms in total. The minimum atomic E-state index is -0.628. The quantitative estimate of drug-likeness (QED) is 0.594. The van der Waals surface area contributed by atoms with Crippen LogP contribution in [0.2, 0.25) is 0 Å². The van der Waals surface area contributed by atoms with Crippen molar-refractivity contribution < 1.29 is 19.1 Å². The third-order valence-corrected chi connectivity index (χ3v) is 6.51. The molecule has 5 aliphatic rings. The molecule has 1 aliphatic heterocycles. The van der Waals surface area contributed by atoms with Crippen LogP contribution in [0.15, 0.2) is 12.2 Å². The molecule has 4 aliphatic carbocycles. The molecule has 1 heterocycles. The molecule has 0 N–H and O–H groups in total. The number of cyclic esters (lactones) is 1. The average Bonchev–Trinajstić information content (AvgIpc) is 2.88. The van der Waals surface area contributed by atoms with Gasteiger partial charge in [-0.1, -0.05) is 6.58 Å². The average molecular weight is 304 g/mol. The molecule has 1 unspecified atom stereocenters. The minimum absolute atomic E-state index is 0.165. The van der Waals surface area contributed by atoms with E-state index in [1.54, 1.807) is 6.92 Å². The Morgan fingerprint density at radius 3 is 2.23 bits per heavy atom. The van der Waals surface area contributed by atoms with Gasteiger partial charge in [0.2, 0.25) is 0 Å². The fraction of sp³-hybridized carbons (Fsp3) is 0.778. The zero-order valence-electron chi connectivity index (χ0n) is 13.2. The lowest BCUT2D eigenvalue weighted by atomic mass is 9.47. The van der Waals surface area contributed by atoms with Crippen LogP contribution in [0.3, 0.4) is 0 Å². The Morgan fingerprint density at radius 2 is 1.77 bits per heavy atom. The van der Waals surface area contributed by atoms with E-state index < -0.39 is 5.60 Å². The lowest BCUT2D eigenvalue weighted by Crippen LogP contribution is -2.64. The topological polar surface area (TPSA) is 52.6 Å². The molecule has 1 atom stereocenters. The van der Waals surface area contributed by atoms with E-state index in [1.807, 2.05) is 0 Å². The van der Waals surface area contributed by atoms with Crippen molar-refractivity contribution in [3.05, 3.63) is 12.2 Å². The molecule has 0 aromatic carbocycles. The molecule has 0 radical (unpaired) electrons. The van der Waals surface area contributed by atoms with Crippen LogP contribution in [0.25, 0.3) is 0 Å². The Bertz CT molecular complexity index is 507. The second-order valence-electron chi connectivity index (χ2n) is 7.84. The third kappa shape index (κ3) is 1.88. The molecule has 5 fully saturated rings. The fourth-order valence-corrected chi connectivity index (χ4v) is 5.88. The molecule has 4 bridgehead atoms. The highest BCUT2D eigenvalue weighted by Gasteiger charge is 2.65. The summed E-state index contributed by atoms with van der Waals surface area (Å²) in [5, 5.41) is 0. The van der Waals surface area contributed by atoms with Gasteiger partial charge in [0.1, 0.15) is 11.5 Å². The van der Waals surface area contributed by atoms with Crippen molar-refractivity contribution in [1.82, 2.24) is 0 Å². The maximum atomic E-state index is 12.3. The molecule has 5 rings (SSSR count). The summed E-state index contributed by atoms with van der Waals surface area (Å²) in [4.78, 5) is 24.6. The van der Waals surface area contributed by atoms with E-state index in [4.69, 9.17) is 9.47 Å². The molecule has 4 heteroatoms. The van der Waals surface area contributed by atoms with Crippen molar-refractivity contribution in [1.29, 1.82) is 0 Å².